The molecule has 2 spiro atoms. The van der Waals surface area contributed by atoms with Crippen molar-refractivity contribution in [1.29, 1.82) is 0 Å². The number of phenols is 1. The second kappa shape index (κ2) is 4.24. The molecule has 1 aromatic rings. The quantitative estimate of drug-likeness (QED) is 0.845. The Bertz CT molecular complexity index is 718. The molecule has 7 atom stereocenters. The third-order valence-electron chi connectivity index (χ3n) is 7.86. The summed E-state index contributed by atoms with van der Waals surface area (Å²) in [5, 5.41) is 9.42. The summed E-state index contributed by atoms with van der Waals surface area (Å²) >= 11 is 0. The van der Waals surface area contributed by atoms with Gasteiger partial charge in [0, 0.05) is 11.8 Å². The number of ether oxygens (including phenoxy) is 1. The minimum atomic E-state index is -0.487. The third kappa shape index (κ3) is 1.39. The Balaban J connectivity index is 1.20. The topological polar surface area (TPSA) is 47.9 Å². The van der Waals surface area contributed by atoms with Gasteiger partial charge in [-0.2, -0.15) is 4.89 Å². The Morgan fingerprint density at radius 1 is 1.08 bits per heavy atom. The summed E-state index contributed by atoms with van der Waals surface area (Å²) in [5.41, 5.74) is 2.31. The van der Waals surface area contributed by atoms with E-state index < -0.39 is 5.79 Å². The zero-order valence-electron chi connectivity index (χ0n) is 13.6. The van der Waals surface area contributed by atoms with Gasteiger partial charge in [0.1, 0.15) is 11.9 Å². The Hall–Kier alpha value is -1.36. The molecule has 1 aromatic carbocycles. The van der Waals surface area contributed by atoms with Gasteiger partial charge in [-0.3, -0.25) is 0 Å². The van der Waals surface area contributed by atoms with Crippen molar-refractivity contribution < 1.29 is 19.6 Å². The number of rotatable bonds is 2. The molecule has 0 amide bonds. The molecule has 4 nitrogen and oxygen atoms in total. The molecule has 24 heavy (non-hydrogen) atoms. The summed E-state index contributed by atoms with van der Waals surface area (Å²) in [6.45, 7) is 4.64. The first kappa shape index (κ1) is 13.9. The van der Waals surface area contributed by atoms with Crippen LogP contribution in [0.3, 0.4) is 0 Å². The number of aromatic hydroxyl groups is 1. The second-order valence-electron chi connectivity index (χ2n) is 8.44. The largest absolute Gasteiger partial charge is 0.508 e. The van der Waals surface area contributed by atoms with Crippen LogP contribution in [0.1, 0.15) is 31.2 Å². The van der Waals surface area contributed by atoms with Crippen LogP contribution in [0.15, 0.2) is 30.8 Å². The number of hydrogen-bond donors (Lipinski definition) is 1. The van der Waals surface area contributed by atoms with E-state index in [1.54, 1.807) is 12.1 Å². The SMILES string of the molecule is C=C(c1ccc(O)cc1)C1COC2(OO1)C1CC3CC4CC2C34C1. The van der Waals surface area contributed by atoms with Gasteiger partial charge in [0.2, 0.25) is 5.79 Å². The first-order chi connectivity index (χ1) is 11.6. The molecular weight excluding hydrogens is 304 g/mol. The zero-order valence-corrected chi connectivity index (χ0v) is 13.6. The van der Waals surface area contributed by atoms with Crippen LogP contribution in [-0.4, -0.2) is 23.6 Å². The summed E-state index contributed by atoms with van der Waals surface area (Å²) in [7, 11) is 0. The van der Waals surface area contributed by atoms with E-state index in [1.807, 2.05) is 12.1 Å². The van der Waals surface area contributed by atoms with Crippen molar-refractivity contribution in [1.82, 2.24) is 0 Å². The maximum Gasteiger partial charge on any atom is 0.207 e. The Morgan fingerprint density at radius 3 is 2.50 bits per heavy atom. The van der Waals surface area contributed by atoms with E-state index in [-0.39, 0.29) is 11.9 Å². The van der Waals surface area contributed by atoms with Crippen LogP contribution in [-0.2, 0) is 14.5 Å². The van der Waals surface area contributed by atoms with Gasteiger partial charge in [-0.1, -0.05) is 18.7 Å². The molecule has 0 aromatic heterocycles. The van der Waals surface area contributed by atoms with Crippen molar-refractivity contribution in [3.8, 4) is 5.75 Å². The van der Waals surface area contributed by atoms with Crippen LogP contribution < -0.4 is 0 Å². The maximum absolute atomic E-state index is 9.42. The Morgan fingerprint density at radius 2 is 1.83 bits per heavy atom. The Labute approximate surface area is 141 Å². The average Bonchev–Trinajstić information content (AvgIpc) is 3.07. The second-order valence-corrected chi connectivity index (χ2v) is 8.44. The molecule has 4 heteroatoms. The normalized spacial score (nSPS) is 50.2. The van der Waals surface area contributed by atoms with Crippen LogP contribution >= 0.6 is 0 Å². The van der Waals surface area contributed by atoms with Crippen molar-refractivity contribution in [2.24, 2.45) is 29.1 Å². The highest BCUT2D eigenvalue weighted by Crippen LogP contribution is 2.84. The van der Waals surface area contributed by atoms with E-state index in [1.165, 1.54) is 25.7 Å². The molecule has 5 fully saturated rings. The molecule has 126 valence electrons. The fraction of sp³-hybridized carbons (Fsp3) is 0.600. The van der Waals surface area contributed by atoms with Gasteiger partial charge in [0.15, 0.2) is 0 Å². The predicted octanol–water partition coefficient (Wildman–Crippen LogP) is 3.51. The van der Waals surface area contributed by atoms with Crippen LogP contribution in [0.25, 0.3) is 5.57 Å². The predicted molar refractivity (Wildman–Crippen MR) is 86.6 cm³/mol. The summed E-state index contributed by atoms with van der Waals surface area (Å²) in [6.07, 6.45) is 4.93. The van der Waals surface area contributed by atoms with Crippen LogP contribution in [0.5, 0.6) is 5.75 Å². The fourth-order valence-electron chi connectivity index (χ4n) is 6.71. The van der Waals surface area contributed by atoms with Crippen molar-refractivity contribution >= 4 is 5.57 Å². The molecule has 1 heterocycles. The minimum Gasteiger partial charge on any atom is -0.508 e. The molecule has 1 saturated heterocycles. The average molecular weight is 326 g/mol. The summed E-state index contributed by atoms with van der Waals surface area (Å²) in [6, 6.07) is 7.01. The first-order valence-corrected chi connectivity index (χ1v) is 9.10. The van der Waals surface area contributed by atoms with Gasteiger partial charge in [-0.05, 0) is 66.2 Å². The number of benzene rings is 1. The van der Waals surface area contributed by atoms with Crippen molar-refractivity contribution in [3.63, 3.8) is 0 Å². The van der Waals surface area contributed by atoms with Gasteiger partial charge in [0.25, 0.3) is 0 Å². The van der Waals surface area contributed by atoms with E-state index in [4.69, 9.17) is 14.5 Å². The number of fused-ring (bicyclic) bond motifs is 3. The Kier molecular flexibility index (Phi) is 2.45. The lowest BCUT2D eigenvalue weighted by atomic mass is 9.37. The lowest BCUT2D eigenvalue weighted by Gasteiger charge is -2.69. The van der Waals surface area contributed by atoms with Crippen molar-refractivity contribution in [3.05, 3.63) is 36.4 Å². The molecule has 1 N–H and O–H groups in total. The van der Waals surface area contributed by atoms with Gasteiger partial charge in [0.05, 0.1) is 6.61 Å². The van der Waals surface area contributed by atoms with Gasteiger partial charge in [-0.15, -0.1) is 0 Å². The highest BCUT2D eigenvalue weighted by molar-refractivity contribution is 5.67. The summed E-state index contributed by atoms with van der Waals surface area (Å²) in [4.78, 5) is 11.8. The van der Waals surface area contributed by atoms with E-state index in [0.29, 0.717) is 23.9 Å². The lowest BCUT2D eigenvalue weighted by molar-refractivity contribution is -0.515. The van der Waals surface area contributed by atoms with Gasteiger partial charge in [-0.25, -0.2) is 4.89 Å². The molecular formula is C20H22O4. The number of phenolic OH excluding ortho intramolecular Hbond substituents is 1. The zero-order chi connectivity index (χ0) is 16.1. The molecule has 0 radical (unpaired) electrons. The molecule has 6 rings (SSSR count). The summed E-state index contributed by atoms with van der Waals surface area (Å²) < 4.78 is 6.38. The van der Waals surface area contributed by atoms with Crippen LogP contribution in [0.2, 0.25) is 0 Å². The lowest BCUT2D eigenvalue weighted by Crippen LogP contribution is -2.68. The highest BCUT2D eigenvalue weighted by atomic mass is 17.2. The molecule has 1 aliphatic heterocycles. The molecule has 4 aliphatic carbocycles. The van der Waals surface area contributed by atoms with E-state index >= 15 is 0 Å². The summed E-state index contributed by atoms with van der Waals surface area (Å²) in [5.74, 6) is 2.65. The van der Waals surface area contributed by atoms with E-state index in [9.17, 15) is 5.11 Å². The third-order valence-corrected chi connectivity index (χ3v) is 7.86. The van der Waals surface area contributed by atoms with E-state index in [0.717, 1.165) is 23.0 Å². The maximum atomic E-state index is 9.42. The molecule has 7 unspecified atom stereocenters. The van der Waals surface area contributed by atoms with Crippen LogP contribution in [0.4, 0.5) is 0 Å². The fourth-order valence-corrected chi connectivity index (χ4v) is 6.71. The van der Waals surface area contributed by atoms with Crippen molar-refractivity contribution in [2.75, 3.05) is 6.61 Å². The first-order valence-electron chi connectivity index (χ1n) is 9.10. The van der Waals surface area contributed by atoms with Crippen molar-refractivity contribution in [2.45, 2.75) is 37.6 Å². The smallest absolute Gasteiger partial charge is 0.207 e. The van der Waals surface area contributed by atoms with Gasteiger partial charge < -0.3 is 9.84 Å². The molecule has 5 aliphatic rings. The monoisotopic (exact) mass is 326 g/mol. The molecule has 2 bridgehead atoms. The van der Waals surface area contributed by atoms with Crippen LogP contribution in [0, 0.1) is 29.1 Å². The van der Waals surface area contributed by atoms with Gasteiger partial charge >= 0.3 is 0 Å². The number of hydrogen-bond acceptors (Lipinski definition) is 4. The standard InChI is InChI=1S/C20H22O4/c1-11(12-2-4-16(21)5-3-12)17-10-22-20(24-23-17)15-7-13-6-14-8-18(20)19(13,14)9-15/h2-5,13-15,17-18,21H,1,6-10H2. The van der Waals surface area contributed by atoms with E-state index in [2.05, 4.69) is 6.58 Å². The highest BCUT2D eigenvalue weighted by Gasteiger charge is 2.83. The minimum absolute atomic E-state index is 0.249. The molecule has 4 saturated carbocycles.